The average molecular weight is 226 g/mol. The molecule has 1 aromatic rings. The number of nitrogens with zero attached hydrogens (tertiary/aromatic N) is 2. The highest BCUT2D eigenvalue weighted by molar-refractivity contribution is 5.78. The molecule has 0 bridgehead atoms. The Morgan fingerprint density at radius 1 is 1.75 bits per heavy atom. The van der Waals surface area contributed by atoms with Gasteiger partial charge in [-0.3, -0.25) is 9.48 Å². The van der Waals surface area contributed by atoms with Crippen LogP contribution in [-0.4, -0.2) is 33.4 Å². The third-order valence-corrected chi connectivity index (χ3v) is 2.36. The summed E-state index contributed by atoms with van der Waals surface area (Å²) in [5, 5.41) is 16.4. The predicted molar refractivity (Wildman–Crippen MR) is 59.5 cm³/mol. The molecular formula is C10H18N4O2. The van der Waals surface area contributed by atoms with Crippen molar-refractivity contribution in [3.05, 3.63) is 17.5 Å². The molecule has 0 saturated carbocycles. The topological polar surface area (TPSA) is 93.2 Å². The number of nitrogens with one attached hydrogen (secondary N) is 1. The fraction of sp³-hybridized carbons (Fsp3) is 0.600. The van der Waals surface area contributed by atoms with Crippen molar-refractivity contribution in [2.75, 3.05) is 6.54 Å². The molecule has 90 valence electrons. The Labute approximate surface area is 94.4 Å². The van der Waals surface area contributed by atoms with E-state index in [2.05, 4.69) is 10.4 Å². The maximum Gasteiger partial charge on any atom is 0.247 e. The summed E-state index contributed by atoms with van der Waals surface area (Å²) in [6, 6.07) is 1.99. The van der Waals surface area contributed by atoms with Crippen LogP contribution in [0.5, 0.6) is 0 Å². The van der Waals surface area contributed by atoms with Crippen molar-refractivity contribution in [1.82, 2.24) is 15.1 Å². The molecule has 1 rings (SSSR count). The predicted octanol–water partition coefficient (Wildman–Crippen LogP) is -1.08. The molecule has 0 aromatic carbocycles. The quantitative estimate of drug-likeness (QED) is 0.575. The number of primary amides is 1. The number of rotatable bonds is 6. The van der Waals surface area contributed by atoms with Gasteiger partial charge in [0.2, 0.25) is 5.91 Å². The molecule has 1 aromatic heterocycles. The Hall–Kier alpha value is -1.40. The van der Waals surface area contributed by atoms with Crippen LogP contribution in [0.2, 0.25) is 0 Å². The van der Waals surface area contributed by atoms with Gasteiger partial charge in [0.05, 0.1) is 11.4 Å². The van der Waals surface area contributed by atoms with Crippen molar-refractivity contribution >= 4 is 5.91 Å². The number of aromatic nitrogens is 2. The lowest BCUT2D eigenvalue weighted by Crippen LogP contribution is -2.37. The van der Waals surface area contributed by atoms with Gasteiger partial charge in [0.25, 0.3) is 0 Å². The molecular weight excluding hydrogens is 208 g/mol. The van der Waals surface area contributed by atoms with E-state index in [1.807, 2.05) is 20.0 Å². The number of carbonyl (C=O) groups is 1. The lowest BCUT2D eigenvalue weighted by molar-refractivity contribution is -0.125. The normalized spacial score (nSPS) is 12.7. The van der Waals surface area contributed by atoms with Crippen LogP contribution in [-0.2, 0) is 24.8 Å². The van der Waals surface area contributed by atoms with Crippen molar-refractivity contribution in [1.29, 1.82) is 0 Å². The Morgan fingerprint density at radius 3 is 2.94 bits per heavy atom. The molecule has 0 saturated heterocycles. The number of hydrogen-bond acceptors (Lipinski definition) is 4. The summed E-state index contributed by atoms with van der Waals surface area (Å²) < 4.78 is 1.78. The molecule has 16 heavy (non-hydrogen) atoms. The van der Waals surface area contributed by atoms with E-state index < -0.39 is 12.0 Å². The zero-order valence-electron chi connectivity index (χ0n) is 9.60. The van der Waals surface area contributed by atoms with Crippen LogP contribution in [0.1, 0.15) is 18.3 Å². The van der Waals surface area contributed by atoms with Gasteiger partial charge in [-0.1, -0.05) is 6.92 Å². The van der Waals surface area contributed by atoms with Crippen molar-refractivity contribution in [2.24, 2.45) is 12.8 Å². The molecule has 6 heteroatoms. The van der Waals surface area contributed by atoms with Gasteiger partial charge in [0, 0.05) is 20.1 Å². The van der Waals surface area contributed by atoms with Crippen molar-refractivity contribution in [3.63, 3.8) is 0 Å². The number of nitrogens with two attached hydrogens (primary N) is 1. The summed E-state index contributed by atoms with van der Waals surface area (Å²) in [6.07, 6.45) is -0.253. The Bertz CT molecular complexity index is 362. The summed E-state index contributed by atoms with van der Waals surface area (Å²) in [5.41, 5.74) is 6.96. The van der Waals surface area contributed by atoms with E-state index in [1.165, 1.54) is 0 Å². The van der Waals surface area contributed by atoms with E-state index in [4.69, 9.17) is 10.8 Å². The minimum Gasteiger partial charge on any atom is -0.382 e. The highest BCUT2D eigenvalue weighted by atomic mass is 16.3. The molecule has 0 fully saturated rings. The Kier molecular flexibility index (Phi) is 4.45. The minimum atomic E-state index is -1.14. The standard InChI is InChI=1S/C10H18N4O2/c1-3-7-4-8(14(2)13-7)5-12-6-9(15)10(11)16/h4,9,12,15H,3,5-6H2,1-2H3,(H2,11,16). The van der Waals surface area contributed by atoms with Gasteiger partial charge in [-0.15, -0.1) is 0 Å². The highest BCUT2D eigenvalue weighted by Crippen LogP contribution is 2.03. The molecule has 0 aliphatic heterocycles. The fourth-order valence-electron chi connectivity index (χ4n) is 1.35. The molecule has 0 aliphatic rings. The van der Waals surface area contributed by atoms with Crippen molar-refractivity contribution in [3.8, 4) is 0 Å². The molecule has 0 aliphatic carbocycles. The average Bonchev–Trinajstić information content (AvgIpc) is 2.59. The first kappa shape index (κ1) is 12.7. The van der Waals surface area contributed by atoms with Crippen LogP contribution in [0.25, 0.3) is 0 Å². The third-order valence-electron chi connectivity index (χ3n) is 2.36. The second kappa shape index (κ2) is 5.62. The van der Waals surface area contributed by atoms with E-state index in [1.54, 1.807) is 4.68 Å². The molecule has 1 heterocycles. The fourth-order valence-corrected chi connectivity index (χ4v) is 1.35. The van der Waals surface area contributed by atoms with Gasteiger partial charge >= 0.3 is 0 Å². The van der Waals surface area contributed by atoms with Gasteiger partial charge in [0.1, 0.15) is 6.10 Å². The number of amides is 1. The van der Waals surface area contributed by atoms with Crippen LogP contribution < -0.4 is 11.1 Å². The van der Waals surface area contributed by atoms with Gasteiger partial charge < -0.3 is 16.2 Å². The largest absolute Gasteiger partial charge is 0.382 e. The number of carbonyl (C=O) groups excluding carboxylic acids is 1. The van der Waals surface area contributed by atoms with E-state index in [0.29, 0.717) is 6.54 Å². The van der Waals surface area contributed by atoms with Gasteiger partial charge in [-0.2, -0.15) is 5.10 Å². The first-order chi connectivity index (χ1) is 7.54. The first-order valence-electron chi connectivity index (χ1n) is 5.24. The van der Waals surface area contributed by atoms with Crippen molar-refractivity contribution < 1.29 is 9.90 Å². The molecule has 1 atom stereocenters. The van der Waals surface area contributed by atoms with E-state index in [0.717, 1.165) is 17.8 Å². The zero-order valence-corrected chi connectivity index (χ0v) is 9.60. The molecule has 6 nitrogen and oxygen atoms in total. The number of aryl methyl sites for hydroxylation is 2. The summed E-state index contributed by atoms with van der Waals surface area (Å²) in [5.74, 6) is -0.716. The minimum absolute atomic E-state index is 0.155. The van der Waals surface area contributed by atoms with Crippen molar-refractivity contribution in [2.45, 2.75) is 26.0 Å². The van der Waals surface area contributed by atoms with Gasteiger partial charge in [-0.05, 0) is 12.5 Å². The first-order valence-corrected chi connectivity index (χ1v) is 5.24. The van der Waals surface area contributed by atoms with Crippen LogP contribution in [0, 0.1) is 0 Å². The Morgan fingerprint density at radius 2 is 2.44 bits per heavy atom. The lowest BCUT2D eigenvalue weighted by atomic mass is 10.3. The second-order valence-electron chi connectivity index (χ2n) is 3.65. The summed E-state index contributed by atoms with van der Waals surface area (Å²) in [6.45, 7) is 2.74. The maximum atomic E-state index is 10.6. The zero-order chi connectivity index (χ0) is 12.1. The highest BCUT2D eigenvalue weighted by Gasteiger charge is 2.10. The van der Waals surface area contributed by atoms with E-state index >= 15 is 0 Å². The molecule has 0 spiro atoms. The van der Waals surface area contributed by atoms with Crippen LogP contribution >= 0.6 is 0 Å². The monoisotopic (exact) mass is 226 g/mol. The van der Waals surface area contributed by atoms with Gasteiger partial charge in [0.15, 0.2) is 0 Å². The van der Waals surface area contributed by atoms with E-state index in [-0.39, 0.29) is 6.54 Å². The number of aliphatic hydroxyl groups is 1. The number of hydrogen-bond donors (Lipinski definition) is 3. The summed E-state index contributed by atoms with van der Waals surface area (Å²) >= 11 is 0. The SMILES string of the molecule is CCc1cc(CNCC(O)C(N)=O)n(C)n1. The van der Waals surface area contributed by atoms with Gasteiger partial charge in [-0.25, -0.2) is 0 Å². The number of aliphatic hydroxyl groups excluding tert-OH is 1. The van der Waals surface area contributed by atoms with Crippen LogP contribution in [0.4, 0.5) is 0 Å². The second-order valence-corrected chi connectivity index (χ2v) is 3.65. The molecule has 1 amide bonds. The molecule has 1 unspecified atom stereocenters. The van der Waals surface area contributed by atoms with Crippen LogP contribution in [0.15, 0.2) is 6.07 Å². The summed E-state index contributed by atoms with van der Waals surface area (Å²) in [4.78, 5) is 10.6. The Balaban J connectivity index is 2.42. The van der Waals surface area contributed by atoms with Crippen LogP contribution in [0.3, 0.4) is 0 Å². The smallest absolute Gasteiger partial charge is 0.247 e. The molecule has 0 radical (unpaired) electrons. The maximum absolute atomic E-state index is 10.6. The third kappa shape index (κ3) is 3.32. The van der Waals surface area contributed by atoms with E-state index in [9.17, 15) is 4.79 Å². The molecule has 4 N–H and O–H groups in total. The lowest BCUT2D eigenvalue weighted by Gasteiger charge is -2.08. The summed E-state index contributed by atoms with van der Waals surface area (Å²) in [7, 11) is 1.86.